The largest absolute Gasteiger partial charge is 0.491 e. The predicted molar refractivity (Wildman–Crippen MR) is 60.9 cm³/mol. The van der Waals surface area contributed by atoms with Crippen molar-refractivity contribution in [1.82, 2.24) is 0 Å². The van der Waals surface area contributed by atoms with E-state index in [1.165, 1.54) is 6.07 Å². The summed E-state index contributed by atoms with van der Waals surface area (Å²) in [6.45, 7) is 9.84. The molecule has 1 rings (SSSR count). The van der Waals surface area contributed by atoms with Crippen molar-refractivity contribution in [2.75, 3.05) is 0 Å². The fourth-order valence-corrected chi connectivity index (χ4v) is 1.58. The van der Waals surface area contributed by atoms with Crippen LogP contribution in [0.5, 0.6) is 5.75 Å². The van der Waals surface area contributed by atoms with Crippen molar-refractivity contribution in [1.29, 1.82) is 0 Å². The molecule has 0 N–H and O–H groups in total. The van der Waals surface area contributed by atoms with Crippen molar-refractivity contribution < 1.29 is 9.13 Å². The van der Waals surface area contributed by atoms with E-state index in [0.717, 1.165) is 0 Å². The molecule has 2 heteroatoms. The average molecular weight is 210 g/mol. The lowest BCUT2D eigenvalue weighted by Crippen LogP contribution is -2.17. The molecule has 0 amide bonds. The molecule has 0 saturated heterocycles. The van der Waals surface area contributed by atoms with Crippen molar-refractivity contribution in [3.63, 3.8) is 0 Å². The molecule has 0 heterocycles. The van der Waals surface area contributed by atoms with Gasteiger partial charge in [0.25, 0.3) is 0 Å². The van der Waals surface area contributed by atoms with Crippen molar-refractivity contribution in [3.8, 4) is 5.75 Å². The average Bonchev–Trinajstić information content (AvgIpc) is 1.99. The highest BCUT2D eigenvalue weighted by Gasteiger charge is 2.23. The van der Waals surface area contributed by atoms with Crippen LogP contribution in [0.3, 0.4) is 0 Å². The van der Waals surface area contributed by atoms with Crippen LogP contribution in [0.2, 0.25) is 0 Å². The third-order valence-corrected chi connectivity index (χ3v) is 2.09. The summed E-state index contributed by atoms with van der Waals surface area (Å²) in [6.07, 6.45) is 0.0629. The molecule has 15 heavy (non-hydrogen) atoms. The molecule has 0 unspecified atom stereocenters. The summed E-state index contributed by atoms with van der Waals surface area (Å²) in [5, 5.41) is 0. The van der Waals surface area contributed by atoms with Crippen LogP contribution < -0.4 is 4.74 Å². The first kappa shape index (κ1) is 12.0. The highest BCUT2D eigenvalue weighted by molar-refractivity contribution is 5.39. The van der Waals surface area contributed by atoms with E-state index in [4.69, 9.17) is 4.74 Å². The van der Waals surface area contributed by atoms with E-state index in [2.05, 4.69) is 0 Å². The van der Waals surface area contributed by atoms with Gasteiger partial charge in [-0.2, -0.15) is 0 Å². The third-order valence-electron chi connectivity index (χ3n) is 2.09. The molecule has 84 valence electrons. The molecule has 1 aromatic rings. The van der Waals surface area contributed by atoms with Gasteiger partial charge >= 0.3 is 0 Å². The maximum Gasteiger partial charge on any atom is 0.130 e. The Bertz CT molecular complexity index is 337. The molecule has 0 aliphatic rings. The Labute approximate surface area is 91.3 Å². The summed E-state index contributed by atoms with van der Waals surface area (Å²) in [7, 11) is 0. The molecule has 0 spiro atoms. The second-order valence-corrected chi connectivity index (χ2v) is 5.03. The minimum absolute atomic E-state index is 0.0629. The minimum atomic E-state index is -0.241. The Morgan fingerprint density at radius 2 is 1.80 bits per heavy atom. The molecule has 0 atom stereocenters. The summed E-state index contributed by atoms with van der Waals surface area (Å²) < 4.78 is 19.3. The smallest absolute Gasteiger partial charge is 0.130 e. The first-order chi connectivity index (χ1) is 6.82. The lowest BCUT2D eigenvalue weighted by Gasteiger charge is -2.24. The maximum atomic E-state index is 13.7. The Morgan fingerprint density at radius 3 is 2.27 bits per heavy atom. The number of hydrogen-bond donors (Lipinski definition) is 0. The summed E-state index contributed by atoms with van der Waals surface area (Å²) in [5.74, 6) is 0.457. The minimum Gasteiger partial charge on any atom is -0.491 e. The number of ether oxygens (including phenoxy) is 1. The summed E-state index contributed by atoms with van der Waals surface area (Å²) >= 11 is 0. The van der Waals surface area contributed by atoms with Crippen LogP contribution >= 0.6 is 0 Å². The highest BCUT2D eigenvalue weighted by atomic mass is 19.1. The zero-order chi connectivity index (χ0) is 11.6. The monoisotopic (exact) mass is 210 g/mol. The number of hydrogen-bond acceptors (Lipinski definition) is 1. The van der Waals surface area contributed by atoms with Crippen molar-refractivity contribution >= 4 is 0 Å². The molecule has 1 aromatic carbocycles. The van der Waals surface area contributed by atoms with Gasteiger partial charge in [0, 0.05) is 5.56 Å². The predicted octanol–water partition coefficient (Wildman–Crippen LogP) is 3.91. The van der Waals surface area contributed by atoms with Crippen LogP contribution in [0.15, 0.2) is 18.2 Å². The number of benzene rings is 1. The molecular weight excluding hydrogens is 191 g/mol. The van der Waals surface area contributed by atoms with Crippen molar-refractivity contribution in [2.45, 2.75) is 46.1 Å². The molecule has 1 nitrogen and oxygen atoms in total. The van der Waals surface area contributed by atoms with E-state index in [1.54, 1.807) is 6.07 Å². The second-order valence-electron chi connectivity index (χ2n) is 5.03. The van der Waals surface area contributed by atoms with Crippen LogP contribution in [-0.4, -0.2) is 6.10 Å². The van der Waals surface area contributed by atoms with Crippen LogP contribution in [0.25, 0.3) is 0 Å². The molecule has 0 fully saturated rings. The van der Waals surface area contributed by atoms with Gasteiger partial charge < -0.3 is 4.74 Å². The summed E-state index contributed by atoms with van der Waals surface area (Å²) in [5.41, 5.74) is 0.411. The summed E-state index contributed by atoms with van der Waals surface area (Å²) in [4.78, 5) is 0. The van der Waals surface area contributed by atoms with Gasteiger partial charge in [0.05, 0.1) is 6.10 Å². The molecule has 0 radical (unpaired) electrons. The highest BCUT2D eigenvalue weighted by Crippen LogP contribution is 2.33. The molecule has 0 aliphatic heterocycles. The second kappa shape index (κ2) is 4.21. The SMILES string of the molecule is CC(C)Oc1cccc(F)c1C(C)(C)C. The van der Waals surface area contributed by atoms with Gasteiger partial charge in [-0.3, -0.25) is 0 Å². The molecule has 0 aromatic heterocycles. The van der Waals surface area contributed by atoms with Gasteiger partial charge in [-0.25, -0.2) is 4.39 Å². The van der Waals surface area contributed by atoms with E-state index >= 15 is 0 Å². The fraction of sp³-hybridized carbons (Fsp3) is 0.538. The van der Waals surface area contributed by atoms with E-state index in [0.29, 0.717) is 11.3 Å². The quantitative estimate of drug-likeness (QED) is 0.719. The molecule has 0 aliphatic carbocycles. The third kappa shape index (κ3) is 2.95. The van der Waals surface area contributed by atoms with E-state index in [1.807, 2.05) is 40.7 Å². The van der Waals surface area contributed by atoms with Crippen molar-refractivity contribution in [2.24, 2.45) is 0 Å². The van der Waals surface area contributed by atoms with Crippen LogP contribution in [0, 0.1) is 5.82 Å². The standard InChI is InChI=1S/C13H19FO/c1-9(2)15-11-8-6-7-10(14)12(11)13(3,4)5/h6-9H,1-5H3. The van der Waals surface area contributed by atoms with E-state index in [-0.39, 0.29) is 17.3 Å². The maximum absolute atomic E-state index is 13.7. The van der Waals surface area contributed by atoms with Crippen LogP contribution in [0.1, 0.15) is 40.2 Å². The lowest BCUT2D eigenvalue weighted by atomic mass is 9.86. The Hall–Kier alpha value is -1.05. The van der Waals surface area contributed by atoms with E-state index in [9.17, 15) is 4.39 Å². The van der Waals surface area contributed by atoms with Gasteiger partial charge in [-0.1, -0.05) is 26.8 Å². The topological polar surface area (TPSA) is 9.23 Å². The summed E-state index contributed by atoms with van der Waals surface area (Å²) in [6, 6.07) is 4.99. The lowest BCUT2D eigenvalue weighted by molar-refractivity contribution is 0.234. The Balaban J connectivity index is 3.21. The van der Waals surface area contributed by atoms with Gasteiger partial charge in [0.15, 0.2) is 0 Å². The van der Waals surface area contributed by atoms with Gasteiger partial charge in [0.1, 0.15) is 11.6 Å². The van der Waals surface area contributed by atoms with Gasteiger partial charge in [-0.05, 0) is 31.4 Å². The molecular formula is C13H19FO. The van der Waals surface area contributed by atoms with Crippen LogP contribution in [-0.2, 0) is 5.41 Å². The Kier molecular flexibility index (Phi) is 3.38. The van der Waals surface area contributed by atoms with Gasteiger partial charge in [0.2, 0.25) is 0 Å². The normalized spacial score (nSPS) is 11.9. The molecule has 0 bridgehead atoms. The van der Waals surface area contributed by atoms with E-state index < -0.39 is 0 Å². The fourth-order valence-electron chi connectivity index (χ4n) is 1.58. The Morgan fingerprint density at radius 1 is 1.20 bits per heavy atom. The first-order valence-corrected chi connectivity index (χ1v) is 5.28. The zero-order valence-electron chi connectivity index (χ0n) is 10.1. The van der Waals surface area contributed by atoms with Crippen molar-refractivity contribution in [3.05, 3.63) is 29.6 Å². The van der Waals surface area contributed by atoms with Gasteiger partial charge in [-0.15, -0.1) is 0 Å². The number of rotatable bonds is 2. The first-order valence-electron chi connectivity index (χ1n) is 5.28. The van der Waals surface area contributed by atoms with Crippen LogP contribution in [0.4, 0.5) is 4.39 Å². The molecule has 0 saturated carbocycles. The number of halogens is 1. The zero-order valence-corrected chi connectivity index (χ0v) is 10.1.